The van der Waals surface area contributed by atoms with Crippen molar-refractivity contribution in [2.45, 2.75) is 46.0 Å². The molecule has 0 amide bonds. The zero-order chi connectivity index (χ0) is 13.8. The summed E-state index contributed by atoms with van der Waals surface area (Å²) in [7, 11) is 9.87. The first-order chi connectivity index (χ1) is 9.21. The molecule has 0 spiro atoms. The molecule has 102 valence electrons. The van der Waals surface area contributed by atoms with Crippen molar-refractivity contribution in [3.63, 3.8) is 0 Å². The van der Waals surface area contributed by atoms with E-state index in [9.17, 15) is 0 Å². The minimum absolute atomic E-state index is 0.723. The van der Waals surface area contributed by atoms with Crippen LogP contribution in [0.3, 0.4) is 0 Å². The third kappa shape index (κ3) is 3.55. The van der Waals surface area contributed by atoms with Crippen LogP contribution in [0.1, 0.15) is 48.9 Å². The monoisotopic (exact) mass is 372 g/mol. The van der Waals surface area contributed by atoms with Crippen molar-refractivity contribution in [3.8, 4) is 0 Å². The second kappa shape index (κ2) is 7.44. The molecule has 0 aliphatic heterocycles. The predicted molar refractivity (Wildman–Crippen MR) is 81.3 cm³/mol. The van der Waals surface area contributed by atoms with Crippen molar-refractivity contribution < 1.29 is 20.8 Å². The normalized spacial score (nSPS) is 16.9. The van der Waals surface area contributed by atoms with Gasteiger partial charge in [-0.3, -0.25) is 0 Å². The van der Waals surface area contributed by atoms with Gasteiger partial charge in [0.2, 0.25) is 0 Å². The maximum atomic E-state index is 4.93. The standard InChI is InChI=1S/C16H20.2ClH.Zr/c1-3-11(2)15-8-7-14-9-12-5-4-6-13(12)10-16(14)15;;;/h8-11H,3-7H2,1-2H3;2*1H;/q;;;+2/p-2. The van der Waals surface area contributed by atoms with Crippen LogP contribution >= 0.6 is 17.0 Å². The summed E-state index contributed by atoms with van der Waals surface area (Å²) in [5.74, 6) is 0.723. The van der Waals surface area contributed by atoms with Crippen molar-refractivity contribution in [1.29, 1.82) is 0 Å². The fourth-order valence-electron chi connectivity index (χ4n) is 3.13. The molecular weight excluding hydrogens is 354 g/mol. The third-order valence-corrected chi connectivity index (χ3v) is 4.31. The fourth-order valence-corrected chi connectivity index (χ4v) is 3.13. The van der Waals surface area contributed by atoms with Gasteiger partial charge in [0.05, 0.1) is 0 Å². The van der Waals surface area contributed by atoms with Crippen molar-refractivity contribution >= 4 is 22.6 Å². The predicted octanol–water partition coefficient (Wildman–Crippen LogP) is 5.54. The first-order valence-corrected chi connectivity index (χ1v) is 13.4. The summed E-state index contributed by atoms with van der Waals surface area (Å²) in [5, 5.41) is 0. The Morgan fingerprint density at radius 2 is 1.79 bits per heavy atom. The molecule has 3 rings (SSSR count). The first kappa shape index (κ1) is 15.8. The number of allylic oxidation sites excluding steroid dienone is 2. The molecule has 0 radical (unpaired) electrons. The molecule has 0 saturated carbocycles. The van der Waals surface area contributed by atoms with Crippen LogP contribution in [0.25, 0.3) is 5.57 Å². The van der Waals surface area contributed by atoms with Crippen LogP contribution < -0.4 is 0 Å². The van der Waals surface area contributed by atoms with Crippen molar-refractivity contribution in [3.05, 3.63) is 40.5 Å². The van der Waals surface area contributed by atoms with E-state index in [2.05, 4.69) is 32.1 Å². The van der Waals surface area contributed by atoms with Crippen LogP contribution in [-0.4, -0.2) is 0 Å². The third-order valence-electron chi connectivity index (χ3n) is 4.31. The second-order valence-electron chi connectivity index (χ2n) is 5.38. The molecule has 1 unspecified atom stereocenters. The second-order valence-corrected chi connectivity index (χ2v) is 9.11. The van der Waals surface area contributed by atoms with Crippen LogP contribution in [-0.2, 0) is 40.1 Å². The molecule has 3 heteroatoms. The van der Waals surface area contributed by atoms with Crippen LogP contribution in [0, 0.1) is 5.92 Å². The van der Waals surface area contributed by atoms with Crippen molar-refractivity contribution in [1.82, 2.24) is 0 Å². The van der Waals surface area contributed by atoms with Gasteiger partial charge in [-0.2, -0.15) is 0 Å². The topological polar surface area (TPSA) is 0 Å². The molecule has 1 atom stereocenters. The Bertz CT molecular complexity index is 480. The van der Waals surface area contributed by atoms with E-state index in [1.807, 2.05) is 0 Å². The fraction of sp³-hybridized carbons (Fsp3) is 0.500. The Morgan fingerprint density at radius 1 is 1.16 bits per heavy atom. The number of hydrogen-bond acceptors (Lipinski definition) is 0. The number of hydrogen-bond donors (Lipinski definition) is 0. The summed E-state index contributed by atoms with van der Waals surface area (Å²) in [6.45, 7) is 4.64. The zero-order valence-corrected chi connectivity index (χ0v) is 15.6. The first-order valence-electron chi connectivity index (χ1n) is 7.02. The van der Waals surface area contributed by atoms with Crippen LogP contribution in [0.2, 0.25) is 0 Å². The van der Waals surface area contributed by atoms with Gasteiger partial charge >= 0.3 is 37.9 Å². The zero-order valence-electron chi connectivity index (χ0n) is 11.6. The minimum atomic E-state index is -0.826. The molecule has 0 saturated heterocycles. The van der Waals surface area contributed by atoms with Crippen molar-refractivity contribution in [2.24, 2.45) is 5.92 Å². The Morgan fingerprint density at radius 3 is 2.42 bits per heavy atom. The Kier molecular flexibility index (Phi) is 6.19. The van der Waals surface area contributed by atoms with E-state index < -0.39 is 20.8 Å². The molecular formula is C16H20Cl2Zr. The van der Waals surface area contributed by atoms with E-state index in [0.29, 0.717) is 0 Å². The SMILES string of the molecule is CCC(C)C1=CCc2cc3c(cc21)CCC3.[Cl][Zr][Cl]. The van der Waals surface area contributed by atoms with E-state index in [1.165, 1.54) is 32.1 Å². The molecule has 2 aliphatic rings. The van der Waals surface area contributed by atoms with Gasteiger partial charge < -0.3 is 0 Å². The summed E-state index contributed by atoms with van der Waals surface area (Å²) >= 11 is -0.826. The van der Waals surface area contributed by atoms with E-state index in [1.54, 1.807) is 27.8 Å². The average molecular weight is 374 g/mol. The molecule has 1 aromatic carbocycles. The molecule has 0 nitrogen and oxygen atoms in total. The summed E-state index contributed by atoms with van der Waals surface area (Å²) in [4.78, 5) is 0. The quantitative estimate of drug-likeness (QED) is 0.638. The Labute approximate surface area is 135 Å². The molecule has 0 fully saturated rings. The van der Waals surface area contributed by atoms with Crippen LogP contribution in [0.5, 0.6) is 0 Å². The molecule has 1 aromatic rings. The van der Waals surface area contributed by atoms with E-state index >= 15 is 0 Å². The van der Waals surface area contributed by atoms with Gasteiger partial charge in [-0.25, -0.2) is 0 Å². The number of fused-ring (bicyclic) bond motifs is 2. The number of rotatable bonds is 2. The van der Waals surface area contributed by atoms with Gasteiger partial charge in [0.15, 0.2) is 0 Å². The summed E-state index contributed by atoms with van der Waals surface area (Å²) < 4.78 is 0. The van der Waals surface area contributed by atoms with Gasteiger partial charge in [-0.15, -0.1) is 0 Å². The van der Waals surface area contributed by atoms with Crippen molar-refractivity contribution in [2.75, 3.05) is 0 Å². The van der Waals surface area contributed by atoms with Crippen LogP contribution in [0.15, 0.2) is 18.2 Å². The molecule has 0 aromatic heterocycles. The van der Waals surface area contributed by atoms with Gasteiger partial charge in [0.1, 0.15) is 0 Å². The summed E-state index contributed by atoms with van der Waals surface area (Å²) in [6.07, 6.45) is 8.84. The number of aryl methyl sites for hydroxylation is 2. The number of halogens is 2. The Balaban J connectivity index is 0.000000408. The summed E-state index contributed by atoms with van der Waals surface area (Å²) in [6, 6.07) is 4.96. The average Bonchev–Trinajstić information content (AvgIpc) is 3.01. The van der Waals surface area contributed by atoms with Gasteiger partial charge in [-0.05, 0) is 65.8 Å². The van der Waals surface area contributed by atoms with E-state index in [4.69, 9.17) is 17.0 Å². The number of benzene rings is 1. The van der Waals surface area contributed by atoms with Gasteiger partial charge in [0, 0.05) is 0 Å². The van der Waals surface area contributed by atoms with E-state index in [-0.39, 0.29) is 0 Å². The summed E-state index contributed by atoms with van der Waals surface area (Å²) in [5.41, 5.74) is 7.99. The molecule has 0 bridgehead atoms. The Hall–Kier alpha value is 0.423. The maximum absolute atomic E-state index is 4.93. The molecule has 2 aliphatic carbocycles. The molecule has 0 heterocycles. The van der Waals surface area contributed by atoms with Gasteiger partial charge in [0.25, 0.3) is 0 Å². The van der Waals surface area contributed by atoms with Crippen LogP contribution in [0.4, 0.5) is 0 Å². The van der Waals surface area contributed by atoms with Gasteiger partial charge in [-0.1, -0.05) is 32.1 Å². The van der Waals surface area contributed by atoms with E-state index in [0.717, 1.165) is 5.92 Å². The molecule has 19 heavy (non-hydrogen) atoms. The molecule has 0 N–H and O–H groups in total.